The van der Waals surface area contributed by atoms with Gasteiger partial charge in [-0.2, -0.15) is 0 Å². The van der Waals surface area contributed by atoms with Crippen molar-refractivity contribution in [3.63, 3.8) is 0 Å². The Balaban J connectivity index is 0.00000169. The fourth-order valence-electron chi connectivity index (χ4n) is 0.791. The third-order valence-corrected chi connectivity index (χ3v) is 1.72. The summed E-state index contributed by atoms with van der Waals surface area (Å²) in [5, 5.41) is 18.8. The Morgan fingerprint density at radius 1 is 1.50 bits per heavy atom. The summed E-state index contributed by atoms with van der Waals surface area (Å²) in [5.41, 5.74) is -0.558. The van der Waals surface area contributed by atoms with Gasteiger partial charge in [-0.05, 0) is 6.07 Å². The minimum absolute atomic E-state index is 0. The molecule has 0 bridgehead atoms. The second-order valence-electron chi connectivity index (χ2n) is 2.23. The maximum absolute atomic E-state index is 10.5. The van der Waals surface area contributed by atoms with Crippen LogP contribution in [0.1, 0.15) is 10.4 Å². The van der Waals surface area contributed by atoms with Crippen molar-refractivity contribution in [3.05, 3.63) is 38.9 Å². The SMILES string of the molecule is Cl.O=C(O)c1cc([N+](=O)[O-])ccc1Cl. The highest BCUT2D eigenvalue weighted by atomic mass is 35.5. The third kappa shape index (κ3) is 2.58. The van der Waals surface area contributed by atoms with Crippen molar-refractivity contribution >= 4 is 35.7 Å². The van der Waals surface area contributed by atoms with Crippen LogP contribution in [0.15, 0.2) is 18.2 Å². The molecule has 0 heterocycles. The molecule has 0 aliphatic rings. The van der Waals surface area contributed by atoms with E-state index in [2.05, 4.69) is 0 Å². The maximum Gasteiger partial charge on any atom is 0.337 e. The van der Waals surface area contributed by atoms with Crippen LogP contribution < -0.4 is 0 Å². The van der Waals surface area contributed by atoms with Gasteiger partial charge in [-0.1, -0.05) is 11.6 Å². The molecule has 14 heavy (non-hydrogen) atoms. The van der Waals surface area contributed by atoms with Gasteiger partial charge >= 0.3 is 5.97 Å². The number of nitro benzene ring substituents is 1. The molecule has 1 aromatic carbocycles. The average Bonchev–Trinajstić information content (AvgIpc) is 2.04. The predicted octanol–water partition coefficient (Wildman–Crippen LogP) is 2.37. The normalized spacial score (nSPS) is 8.93. The van der Waals surface area contributed by atoms with E-state index in [1.165, 1.54) is 6.07 Å². The highest BCUT2D eigenvalue weighted by Crippen LogP contribution is 2.21. The van der Waals surface area contributed by atoms with Crippen molar-refractivity contribution in [3.8, 4) is 0 Å². The Morgan fingerprint density at radius 3 is 2.50 bits per heavy atom. The van der Waals surface area contributed by atoms with E-state index in [-0.39, 0.29) is 28.7 Å². The molecule has 0 atom stereocenters. The van der Waals surface area contributed by atoms with Crippen LogP contribution in [-0.2, 0) is 0 Å². The molecule has 5 nitrogen and oxygen atoms in total. The molecule has 1 N–H and O–H groups in total. The number of carboxylic acid groups (broad SMARTS) is 1. The molecule has 0 aliphatic carbocycles. The van der Waals surface area contributed by atoms with E-state index in [1.54, 1.807) is 0 Å². The van der Waals surface area contributed by atoms with E-state index in [1.807, 2.05) is 0 Å². The average molecular weight is 238 g/mol. The number of nitrogens with zero attached hydrogens (tertiary/aromatic N) is 1. The second kappa shape index (κ2) is 4.78. The lowest BCUT2D eigenvalue weighted by molar-refractivity contribution is -0.384. The molecule has 0 aromatic heterocycles. The smallest absolute Gasteiger partial charge is 0.337 e. The van der Waals surface area contributed by atoms with Crippen LogP contribution in [0.2, 0.25) is 5.02 Å². The number of hydrogen-bond donors (Lipinski definition) is 1. The van der Waals surface area contributed by atoms with E-state index in [0.717, 1.165) is 12.1 Å². The topological polar surface area (TPSA) is 80.4 Å². The van der Waals surface area contributed by atoms with Gasteiger partial charge in [0, 0.05) is 12.1 Å². The summed E-state index contributed by atoms with van der Waals surface area (Å²) in [4.78, 5) is 20.1. The highest BCUT2D eigenvalue weighted by Gasteiger charge is 2.14. The van der Waals surface area contributed by atoms with Gasteiger partial charge in [0.25, 0.3) is 5.69 Å². The van der Waals surface area contributed by atoms with Crippen LogP contribution in [0.3, 0.4) is 0 Å². The molecule has 1 rings (SSSR count). The Bertz CT molecular complexity index is 380. The van der Waals surface area contributed by atoms with Gasteiger partial charge in [-0.25, -0.2) is 4.79 Å². The van der Waals surface area contributed by atoms with E-state index in [4.69, 9.17) is 16.7 Å². The molecule has 76 valence electrons. The van der Waals surface area contributed by atoms with E-state index in [9.17, 15) is 14.9 Å². The lowest BCUT2D eigenvalue weighted by Gasteiger charge is -1.97. The molecule has 0 unspecified atom stereocenters. The zero-order valence-electron chi connectivity index (χ0n) is 6.64. The number of carbonyl (C=O) groups is 1. The fourth-order valence-corrected chi connectivity index (χ4v) is 0.989. The van der Waals surface area contributed by atoms with Crippen LogP contribution in [0.25, 0.3) is 0 Å². The van der Waals surface area contributed by atoms with Gasteiger partial charge in [-0.15, -0.1) is 12.4 Å². The Hall–Kier alpha value is -1.33. The summed E-state index contributed by atoms with van der Waals surface area (Å²) < 4.78 is 0. The fraction of sp³-hybridized carbons (Fsp3) is 0. The molecular weight excluding hydrogens is 233 g/mol. The van der Waals surface area contributed by atoms with Crippen LogP contribution in [-0.4, -0.2) is 16.0 Å². The van der Waals surface area contributed by atoms with Crippen LogP contribution in [0, 0.1) is 10.1 Å². The zero-order chi connectivity index (χ0) is 10.0. The van der Waals surface area contributed by atoms with Crippen molar-refractivity contribution < 1.29 is 14.8 Å². The first-order chi connectivity index (χ1) is 6.02. The van der Waals surface area contributed by atoms with E-state index >= 15 is 0 Å². The first kappa shape index (κ1) is 12.7. The largest absolute Gasteiger partial charge is 0.478 e. The van der Waals surface area contributed by atoms with Gasteiger partial charge < -0.3 is 5.11 Å². The Labute approximate surface area is 89.9 Å². The van der Waals surface area contributed by atoms with E-state index < -0.39 is 10.9 Å². The predicted molar refractivity (Wildman–Crippen MR) is 52.3 cm³/mol. The second-order valence-corrected chi connectivity index (χ2v) is 2.63. The molecule has 0 saturated carbocycles. The Morgan fingerprint density at radius 2 is 2.07 bits per heavy atom. The molecule has 0 fully saturated rings. The van der Waals surface area contributed by atoms with Gasteiger partial charge in [0.05, 0.1) is 15.5 Å². The van der Waals surface area contributed by atoms with Crippen molar-refractivity contribution in [1.82, 2.24) is 0 Å². The quantitative estimate of drug-likeness (QED) is 0.633. The number of halogens is 2. The van der Waals surface area contributed by atoms with Crippen LogP contribution in [0.5, 0.6) is 0 Å². The molecule has 7 heteroatoms. The van der Waals surface area contributed by atoms with Crippen molar-refractivity contribution in [2.45, 2.75) is 0 Å². The molecule has 0 spiro atoms. The van der Waals surface area contributed by atoms with Crippen molar-refractivity contribution in [1.29, 1.82) is 0 Å². The Kier molecular flexibility index (Phi) is 4.33. The van der Waals surface area contributed by atoms with Gasteiger partial charge in [0.15, 0.2) is 0 Å². The lowest BCUT2D eigenvalue weighted by atomic mass is 10.2. The van der Waals surface area contributed by atoms with E-state index in [0.29, 0.717) is 0 Å². The lowest BCUT2D eigenvalue weighted by Crippen LogP contribution is -1.98. The highest BCUT2D eigenvalue weighted by molar-refractivity contribution is 6.33. The summed E-state index contributed by atoms with van der Waals surface area (Å²) in [6.07, 6.45) is 0. The number of hydrogen-bond acceptors (Lipinski definition) is 3. The molecule has 1 aromatic rings. The minimum atomic E-state index is -1.28. The standard InChI is InChI=1S/C7H4ClNO4.ClH/c8-6-2-1-4(9(12)13)3-5(6)7(10)11;/h1-3H,(H,10,11);1H. The number of aromatic carboxylic acids is 1. The summed E-state index contributed by atoms with van der Waals surface area (Å²) in [5.74, 6) is -1.28. The summed E-state index contributed by atoms with van der Waals surface area (Å²) >= 11 is 5.49. The van der Waals surface area contributed by atoms with Crippen molar-refractivity contribution in [2.75, 3.05) is 0 Å². The van der Waals surface area contributed by atoms with Crippen LogP contribution in [0.4, 0.5) is 5.69 Å². The number of nitro groups is 1. The number of benzene rings is 1. The third-order valence-electron chi connectivity index (χ3n) is 1.39. The summed E-state index contributed by atoms with van der Waals surface area (Å²) in [7, 11) is 0. The maximum atomic E-state index is 10.5. The number of rotatable bonds is 2. The van der Waals surface area contributed by atoms with Crippen molar-refractivity contribution in [2.24, 2.45) is 0 Å². The van der Waals surface area contributed by atoms with Gasteiger partial charge in [0.1, 0.15) is 0 Å². The summed E-state index contributed by atoms with van der Waals surface area (Å²) in [6, 6.07) is 3.25. The molecule has 0 radical (unpaired) electrons. The van der Waals surface area contributed by atoms with Gasteiger partial charge in [0.2, 0.25) is 0 Å². The number of non-ortho nitro benzene ring substituents is 1. The molecule has 0 saturated heterocycles. The molecule has 0 amide bonds. The first-order valence-electron chi connectivity index (χ1n) is 3.19. The van der Waals surface area contributed by atoms with Gasteiger partial charge in [-0.3, -0.25) is 10.1 Å². The first-order valence-corrected chi connectivity index (χ1v) is 3.57. The molecular formula is C7H5Cl2NO4. The minimum Gasteiger partial charge on any atom is -0.478 e. The monoisotopic (exact) mass is 237 g/mol. The number of carboxylic acids is 1. The summed E-state index contributed by atoms with van der Waals surface area (Å²) in [6.45, 7) is 0. The van der Waals surface area contributed by atoms with Crippen LogP contribution >= 0.6 is 24.0 Å². The zero-order valence-corrected chi connectivity index (χ0v) is 8.21. The molecule has 0 aliphatic heterocycles.